The summed E-state index contributed by atoms with van der Waals surface area (Å²) in [5.74, 6) is 0. The molecule has 2 aliphatic rings. The second-order valence-corrected chi connectivity index (χ2v) is 7.02. The molecule has 2 rings (SSSR count). The van der Waals surface area contributed by atoms with Crippen LogP contribution in [0.1, 0.15) is 20.3 Å². The molecule has 0 aliphatic carbocycles. The summed E-state index contributed by atoms with van der Waals surface area (Å²) >= 11 is 0. The van der Waals surface area contributed by atoms with Crippen LogP contribution in [0.5, 0.6) is 0 Å². The molecule has 0 amide bonds. The molecule has 2 saturated heterocycles. The summed E-state index contributed by atoms with van der Waals surface area (Å²) < 4.78 is 40.2. The normalized spacial score (nSPS) is 35.8. The highest BCUT2D eigenvalue weighted by atomic mass is 16.8. The predicted molar refractivity (Wildman–Crippen MR) is 91.3 cm³/mol. The molecule has 25 heavy (non-hydrogen) atoms. The summed E-state index contributed by atoms with van der Waals surface area (Å²) in [5.41, 5.74) is -0.277. The van der Waals surface area contributed by atoms with Gasteiger partial charge in [-0.2, -0.15) is 0 Å². The second kappa shape index (κ2) is 9.41. The van der Waals surface area contributed by atoms with Crippen LogP contribution in [0.15, 0.2) is 12.7 Å². The molecule has 6 atom stereocenters. The van der Waals surface area contributed by atoms with E-state index in [2.05, 4.69) is 20.4 Å². The summed E-state index contributed by atoms with van der Waals surface area (Å²) in [5, 5.41) is 0. The number of ether oxygens (including phenoxy) is 7. The molecule has 0 bridgehead atoms. The molecule has 0 N–H and O–H groups in total. The first-order chi connectivity index (χ1) is 12.0. The SMILES string of the molecule is C=CCOC1OCO[C@H]2[C@@H]1O[C@H](C[C@H](COC)OC)C(C)(C)[C@@H]2OC. The molecule has 0 aromatic rings. The van der Waals surface area contributed by atoms with Crippen molar-refractivity contribution >= 4 is 0 Å². The van der Waals surface area contributed by atoms with E-state index in [9.17, 15) is 0 Å². The van der Waals surface area contributed by atoms with Crippen LogP contribution < -0.4 is 0 Å². The Balaban J connectivity index is 2.20. The van der Waals surface area contributed by atoms with Crippen molar-refractivity contribution < 1.29 is 33.2 Å². The average molecular weight is 360 g/mol. The molecule has 0 aromatic heterocycles. The van der Waals surface area contributed by atoms with E-state index in [1.54, 1.807) is 27.4 Å². The first-order valence-electron chi connectivity index (χ1n) is 8.65. The lowest BCUT2D eigenvalue weighted by Gasteiger charge is -2.54. The molecule has 1 unspecified atom stereocenters. The first-order valence-corrected chi connectivity index (χ1v) is 8.65. The third-order valence-corrected chi connectivity index (χ3v) is 5.06. The van der Waals surface area contributed by atoms with Crippen molar-refractivity contribution in [2.24, 2.45) is 5.41 Å². The topological polar surface area (TPSA) is 64.6 Å². The minimum Gasteiger partial charge on any atom is -0.382 e. The van der Waals surface area contributed by atoms with Gasteiger partial charge in [0.2, 0.25) is 0 Å². The lowest BCUT2D eigenvalue weighted by molar-refractivity contribution is -0.368. The maximum absolute atomic E-state index is 6.40. The molecule has 7 heteroatoms. The molecule has 7 nitrogen and oxygen atoms in total. The standard InChI is InChI=1S/C18H32O7/c1-7-8-22-17-15-14(23-11-24-17)16(21-6)18(2,3)13(25-15)9-12(20-5)10-19-4/h7,12-17H,1,8-11H2,2-6H3/t12-,13-,14+,15+,16-,17?/m1/s1. The van der Waals surface area contributed by atoms with Crippen LogP contribution >= 0.6 is 0 Å². The number of hydrogen-bond donors (Lipinski definition) is 0. The molecule has 146 valence electrons. The number of fused-ring (bicyclic) bond motifs is 1. The largest absolute Gasteiger partial charge is 0.382 e. The number of hydrogen-bond acceptors (Lipinski definition) is 7. The molecule has 0 aromatic carbocycles. The molecular weight excluding hydrogens is 328 g/mol. The lowest BCUT2D eigenvalue weighted by atomic mass is 9.72. The smallest absolute Gasteiger partial charge is 0.189 e. The van der Waals surface area contributed by atoms with Crippen LogP contribution in [-0.2, 0) is 33.2 Å². The third kappa shape index (κ3) is 4.60. The fourth-order valence-corrected chi connectivity index (χ4v) is 3.66. The maximum atomic E-state index is 6.40. The Morgan fingerprint density at radius 1 is 1.20 bits per heavy atom. The molecule has 0 radical (unpaired) electrons. The Morgan fingerprint density at radius 2 is 1.96 bits per heavy atom. The Kier molecular flexibility index (Phi) is 7.82. The highest BCUT2D eigenvalue weighted by Gasteiger charge is 2.56. The average Bonchev–Trinajstić information content (AvgIpc) is 2.59. The van der Waals surface area contributed by atoms with Crippen LogP contribution in [0.25, 0.3) is 0 Å². The summed E-state index contributed by atoms with van der Waals surface area (Å²) in [6, 6.07) is 0. The van der Waals surface area contributed by atoms with E-state index in [1.165, 1.54) is 0 Å². The highest BCUT2D eigenvalue weighted by Crippen LogP contribution is 2.44. The fourth-order valence-electron chi connectivity index (χ4n) is 3.66. The Bertz CT molecular complexity index is 414. The van der Waals surface area contributed by atoms with Crippen molar-refractivity contribution in [3.63, 3.8) is 0 Å². The van der Waals surface area contributed by atoms with E-state index in [4.69, 9.17) is 33.2 Å². The molecular formula is C18H32O7. The van der Waals surface area contributed by atoms with E-state index in [1.807, 2.05) is 0 Å². The Hall–Kier alpha value is -0.540. The number of rotatable bonds is 9. The van der Waals surface area contributed by atoms with Gasteiger partial charge in [-0.1, -0.05) is 19.9 Å². The summed E-state index contributed by atoms with van der Waals surface area (Å²) in [6.07, 6.45) is 0.853. The van der Waals surface area contributed by atoms with Crippen molar-refractivity contribution in [2.45, 2.75) is 57.1 Å². The quantitative estimate of drug-likeness (QED) is 0.580. The van der Waals surface area contributed by atoms with Gasteiger partial charge in [0.1, 0.15) is 12.2 Å². The Morgan fingerprint density at radius 3 is 2.56 bits per heavy atom. The van der Waals surface area contributed by atoms with Gasteiger partial charge in [-0.15, -0.1) is 6.58 Å². The highest BCUT2D eigenvalue weighted by molar-refractivity contribution is 5.01. The van der Waals surface area contributed by atoms with Crippen molar-refractivity contribution in [3.05, 3.63) is 12.7 Å². The van der Waals surface area contributed by atoms with Crippen molar-refractivity contribution in [1.82, 2.24) is 0 Å². The minimum absolute atomic E-state index is 0.0682. The molecule has 2 aliphatic heterocycles. The van der Waals surface area contributed by atoms with E-state index < -0.39 is 6.29 Å². The molecule has 2 fully saturated rings. The van der Waals surface area contributed by atoms with Crippen LogP contribution in [0.3, 0.4) is 0 Å². The van der Waals surface area contributed by atoms with Crippen molar-refractivity contribution in [3.8, 4) is 0 Å². The van der Waals surface area contributed by atoms with E-state index in [-0.39, 0.29) is 42.7 Å². The molecule has 0 saturated carbocycles. The van der Waals surface area contributed by atoms with Crippen molar-refractivity contribution in [2.75, 3.05) is 41.3 Å². The zero-order valence-electron chi connectivity index (χ0n) is 15.9. The third-order valence-electron chi connectivity index (χ3n) is 5.06. The molecule has 0 spiro atoms. The van der Waals surface area contributed by atoms with Crippen molar-refractivity contribution in [1.29, 1.82) is 0 Å². The van der Waals surface area contributed by atoms with Gasteiger partial charge in [0.15, 0.2) is 13.1 Å². The van der Waals surface area contributed by atoms with Gasteiger partial charge in [-0.25, -0.2) is 0 Å². The zero-order valence-corrected chi connectivity index (χ0v) is 15.9. The lowest BCUT2D eigenvalue weighted by Crippen LogP contribution is -2.66. The van der Waals surface area contributed by atoms with Gasteiger partial charge in [-0.05, 0) is 0 Å². The van der Waals surface area contributed by atoms with Gasteiger partial charge in [-0.3, -0.25) is 0 Å². The summed E-state index contributed by atoms with van der Waals surface area (Å²) in [4.78, 5) is 0. The first kappa shape index (κ1) is 20.8. The predicted octanol–water partition coefficient (Wildman–Crippen LogP) is 1.75. The maximum Gasteiger partial charge on any atom is 0.189 e. The zero-order chi connectivity index (χ0) is 18.4. The monoisotopic (exact) mass is 360 g/mol. The van der Waals surface area contributed by atoms with Gasteiger partial charge in [0.25, 0.3) is 0 Å². The van der Waals surface area contributed by atoms with Gasteiger partial charge < -0.3 is 33.2 Å². The van der Waals surface area contributed by atoms with E-state index in [0.29, 0.717) is 19.6 Å². The van der Waals surface area contributed by atoms with Crippen LogP contribution in [0.2, 0.25) is 0 Å². The van der Waals surface area contributed by atoms with Gasteiger partial charge in [0, 0.05) is 33.2 Å². The van der Waals surface area contributed by atoms with Crippen LogP contribution in [0.4, 0.5) is 0 Å². The molecule has 2 heterocycles. The van der Waals surface area contributed by atoms with E-state index in [0.717, 1.165) is 0 Å². The summed E-state index contributed by atoms with van der Waals surface area (Å²) in [6.45, 7) is 8.97. The van der Waals surface area contributed by atoms with Crippen LogP contribution in [0, 0.1) is 5.41 Å². The summed E-state index contributed by atoms with van der Waals surface area (Å²) in [7, 11) is 5.04. The van der Waals surface area contributed by atoms with Gasteiger partial charge >= 0.3 is 0 Å². The number of methoxy groups -OCH3 is 3. The second-order valence-electron chi connectivity index (χ2n) is 7.02. The minimum atomic E-state index is -0.517. The van der Waals surface area contributed by atoms with Crippen LogP contribution in [-0.4, -0.2) is 78.1 Å². The van der Waals surface area contributed by atoms with Gasteiger partial charge in [0.05, 0.1) is 31.5 Å². The fraction of sp³-hybridized carbons (Fsp3) is 0.889. The van der Waals surface area contributed by atoms with E-state index >= 15 is 0 Å². The Labute approximate surface area is 150 Å².